The van der Waals surface area contributed by atoms with E-state index in [9.17, 15) is 4.79 Å². The Kier molecular flexibility index (Phi) is 4.15. The number of nitrogens with zero attached hydrogens (tertiary/aromatic N) is 1. The molecule has 1 amide bonds. The Balaban J connectivity index is 2.03. The zero-order valence-corrected chi connectivity index (χ0v) is 11.3. The van der Waals surface area contributed by atoms with Gasteiger partial charge in [-0.2, -0.15) is 0 Å². The van der Waals surface area contributed by atoms with Crippen LogP contribution < -0.4 is 5.43 Å². The van der Waals surface area contributed by atoms with Crippen LogP contribution >= 0.6 is 15.9 Å². The van der Waals surface area contributed by atoms with Crippen LogP contribution in [0.1, 0.15) is 15.9 Å². The maximum atomic E-state index is 12.0. The Morgan fingerprint density at radius 1 is 1.41 bits per heavy atom. The van der Waals surface area contributed by atoms with Crippen LogP contribution in [-0.4, -0.2) is 37.2 Å². The van der Waals surface area contributed by atoms with Crippen molar-refractivity contribution in [2.24, 2.45) is 0 Å². The van der Waals surface area contributed by atoms with E-state index in [1.807, 2.05) is 30.1 Å². The Bertz CT molecular complexity index is 417. The number of hydrogen-bond donors (Lipinski definition) is 1. The normalized spacial score (nSPS) is 16.8. The number of aryl methyl sites for hydroxylation is 1. The van der Waals surface area contributed by atoms with Gasteiger partial charge >= 0.3 is 0 Å². The van der Waals surface area contributed by atoms with Gasteiger partial charge in [-0.05, 0) is 40.5 Å². The standard InChI is InChI=1S/C12H15BrN2O2/c1-9-2-3-10(11(13)8-9)12(16)14-15-4-6-17-7-5-15/h2-3,8H,4-7H2,1H3,(H,14,16). The van der Waals surface area contributed by atoms with E-state index in [2.05, 4.69) is 21.4 Å². The Morgan fingerprint density at radius 2 is 2.12 bits per heavy atom. The maximum absolute atomic E-state index is 12.0. The SMILES string of the molecule is Cc1ccc(C(=O)NN2CCOCC2)c(Br)c1. The van der Waals surface area contributed by atoms with Crippen molar-refractivity contribution in [2.45, 2.75) is 6.92 Å². The van der Waals surface area contributed by atoms with Gasteiger partial charge in [0.1, 0.15) is 0 Å². The zero-order chi connectivity index (χ0) is 12.3. The molecule has 0 bridgehead atoms. The van der Waals surface area contributed by atoms with Crippen LogP contribution in [-0.2, 0) is 4.74 Å². The molecule has 1 fully saturated rings. The van der Waals surface area contributed by atoms with Gasteiger partial charge in [0.25, 0.3) is 5.91 Å². The van der Waals surface area contributed by atoms with E-state index in [-0.39, 0.29) is 5.91 Å². The Morgan fingerprint density at radius 3 is 2.76 bits per heavy atom. The van der Waals surface area contributed by atoms with E-state index in [4.69, 9.17) is 4.74 Å². The van der Waals surface area contributed by atoms with Crippen molar-refractivity contribution in [1.82, 2.24) is 10.4 Å². The number of carbonyl (C=O) groups excluding carboxylic acids is 1. The van der Waals surface area contributed by atoms with Crippen LogP contribution in [0.4, 0.5) is 0 Å². The van der Waals surface area contributed by atoms with Crippen LogP contribution in [0, 0.1) is 6.92 Å². The first-order chi connectivity index (χ1) is 8.16. The van der Waals surface area contributed by atoms with E-state index in [0.29, 0.717) is 18.8 Å². The third kappa shape index (κ3) is 3.28. The lowest BCUT2D eigenvalue weighted by Gasteiger charge is -2.27. The molecule has 1 aliphatic heterocycles. The Labute approximate surface area is 109 Å². The summed E-state index contributed by atoms with van der Waals surface area (Å²) in [6.45, 7) is 4.78. The van der Waals surface area contributed by atoms with Crippen molar-refractivity contribution in [2.75, 3.05) is 26.3 Å². The number of halogens is 1. The van der Waals surface area contributed by atoms with Crippen molar-refractivity contribution < 1.29 is 9.53 Å². The number of morpholine rings is 1. The van der Waals surface area contributed by atoms with Gasteiger partial charge in [0.15, 0.2) is 0 Å². The molecule has 92 valence electrons. The highest BCUT2D eigenvalue weighted by Gasteiger charge is 2.15. The van der Waals surface area contributed by atoms with Gasteiger partial charge in [-0.15, -0.1) is 0 Å². The monoisotopic (exact) mass is 298 g/mol. The number of ether oxygens (including phenoxy) is 1. The fourth-order valence-electron chi connectivity index (χ4n) is 1.68. The molecule has 1 aromatic rings. The third-order valence-corrected chi connectivity index (χ3v) is 3.30. The molecule has 17 heavy (non-hydrogen) atoms. The van der Waals surface area contributed by atoms with E-state index in [0.717, 1.165) is 23.1 Å². The minimum absolute atomic E-state index is 0.0845. The lowest BCUT2D eigenvalue weighted by atomic mass is 10.1. The number of amides is 1. The van der Waals surface area contributed by atoms with Gasteiger partial charge in [-0.25, -0.2) is 5.01 Å². The van der Waals surface area contributed by atoms with Crippen molar-refractivity contribution in [3.63, 3.8) is 0 Å². The van der Waals surface area contributed by atoms with Gasteiger partial charge < -0.3 is 4.74 Å². The predicted molar refractivity (Wildman–Crippen MR) is 68.7 cm³/mol. The number of rotatable bonds is 2. The lowest BCUT2D eigenvalue weighted by Crippen LogP contribution is -2.48. The summed E-state index contributed by atoms with van der Waals surface area (Å²) in [6, 6.07) is 5.70. The minimum Gasteiger partial charge on any atom is -0.379 e. The Hall–Kier alpha value is -0.910. The molecule has 0 radical (unpaired) electrons. The number of hydrazine groups is 1. The van der Waals surface area contributed by atoms with Crippen LogP contribution in [0.3, 0.4) is 0 Å². The lowest BCUT2D eigenvalue weighted by molar-refractivity contribution is 0.0126. The second kappa shape index (κ2) is 5.62. The van der Waals surface area contributed by atoms with Crippen LogP contribution in [0.2, 0.25) is 0 Å². The van der Waals surface area contributed by atoms with Gasteiger partial charge in [0.2, 0.25) is 0 Å². The van der Waals surface area contributed by atoms with Crippen molar-refractivity contribution in [3.05, 3.63) is 33.8 Å². The first kappa shape index (κ1) is 12.5. The van der Waals surface area contributed by atoms with Crippen molar-refractivity contribution in [3.8, 4) is 0 Å². The quantitative estimate of drug-likeness (QED) is 0.904. The van der Waals surface area contributed by atoms with E-state index in [1.165, 1.54) is 0 Å². The third-order valence-electron chi connectivity index (χ3n) is 2.64. The summed E-state index contributed by atoms with van der Waals surface area (Å²) in [7, 11) is 0. The number of nitrogens with one attached hydrogen (secondary N) is 1. The second-order valence-electron chi connectivity index (χ2n) is 4.02. The summed E-state index contributed by atoms with van der Waals surface area (Å²) >= 11 is 3.41. The summed E-state index contributed by atoms with van der Waals surface area (Å²) in [6.07, 6.45) is 0. The molecule has 1 saturated heterocycles. The molecule has 0 atom stereocenters. The van der Waals surface area contributed by atoms with E-state index >= 15 is 0 Å². The average molecular weight is 299 g/mol. The average Bonchev–Trinajstić information content (AvgIpc) is 2.30. The molecule has 0 aromatic heterocycles. The number of benzene rings is 1. The predicted octanol–water partition coefficient (Wildman–Crippen LogP) is 1.73. The van der Waals surface area contributed by atoms with Gasteiger partial charge in [-0.3, -0.25) is 10.2 Å². The number of carbonyl (C=O) groups is 1. The minimum atomic E-state index is -0.0845. The molecular formula is C12H15BrN2O2. The van der Waals surface area contributed by atoms with Crippen LogP contribution in [0.25, 0.3) is 0 Å². The topological polar surface area (TPSA) is 41.6 Å². The van der Waals surface area contributed by atoms with Crippen molar-refractivity contribution >= 4 is 21.8 Å². The molecule has 0 aliphatic carbocycles. The molecule has 0 spiro atoms. The molecule has 5 heteroatoms. The highest BCUT2D eigenvalue weighted by Crippen LogP contribution is 2.18. The fraction of sp³-hybridized carbons (Fsp3) is 0.417. The first-order valence-corrected chi connectivity index (χ1v) is 6.36. The summed E-state index contributed by atoms with van der Waals surface area (Å²) in [5.74, 6) is -0.0845. The van der Waals surface area contributed by atoms with Crippen LogP contribution in [0.5, 0.6) is 0 Å². The summed E-state index contributed by atoms with van der Waals surface area (Å²) in [5, 5.41) is 1.89. The molecule has 0 unspecified atom stereocenters. The molecule has 4 nitrogen and oxygen atoms in total. The summed E-state index contributed by atoms with van der Waals surface area (Å²) in [4.78, 5) is 12.0. The highest BCUT2D eigenvalue weighted by molar-refractivity contribution is 9.10. The second-order valence-corrected chi connectivity index (χ2v) is 4.88. The fourth-order valence-corrected chi connectivity index (χ4v) is 2.36. The number of hydrogen-bond acceptors (Lipinski definition) is 3. The molecule has 1 N–H and O–H groups in total. The van der Waals surface area contributed by atoms with Crippen molar-refractivity contribution in [1.29, 1.82) is 0 Å². The van der Waals surface area contributed by atoms with E-state index < -0.39 is 0 Å². The molecule has 0 saturated carbocycles. The molecular weight excluding hydrogens is 284 g/mol. The summed E-state index contributed by atoms with van der Waals surface area (Å²) < 4.78 is 6.05. The molecule has 2 rings (SSSR count). The summed E-state index contributed by atoms with van der Waals surface area (Å²) in [5.41, 5.74) is 4.66. The highest BCUT2D eigenvalue weighted by atomic mass is 79.9. The molecule has 1 aliphatic rings. The van der Waals surface area contributed by atoms with E-state index in [1.54, 1.807) is 0 Å². The first-order valence-electron chi connectivity index (χ1n) is 5.56. The van der Waals surface area contributed by atoms with Crippen LogP contribution in [0.15, 0.2) is 22.7 Å². The molecule has 1 aromatic carbocycles. The van der Waals surface area contributed by atoms with Gasteiger partial charge in [0, 0.05) is 17.6 Å². The van der Waals surface area contributed by atoms with Gasteiger partial charge in [0.05, 0.1) is 18.8 Å². The van der Waals surface area contributed by atoms with Gasteiger partial charge in [-0.1, -0.05) is 6.07 Å². The molecule has 1 heterocycles. The maximum Gasteiger partial charge on any atom is 0.266 e. The zero-order valence-electron chi connectivity index (χ0n) is 9.70. The smallest absolute Gasteiger partial charge is 0.266 e. The largest absolute Gasteiger partial charge is 0.379 e.